The van der Waals surface area contributed by atoms with Crippen LogP contribution in [0.2, 0.25) is 0 Å². The van der Waals surface area contributed by atoms with Gasteiger partial charge in [-0.15, -0.1) is 0 Å². The van der Waals surface area contributed by atoms with Gasteiger partial charge in [0.1, 0.15) is 36.3 Å². The van der Waals surface area contributed by atoms with Gasteiger partial charge in [0.2, 0.25) is 11.8 Å². The minimum Gasteiger partial charge on any atom is -0.389 e. The highest BCUT2D eigenvalue weighted by Gasteiger charge is 2.50. The average molecular weight is 936 g/mol. The lowest BCUT2D eigenvalue weighted by Crippen LogP contribution is -2.46. The number of unbranched alkanes of at least 4 members (excludes halogenated alkanes) is 1. The molecule has 29 heteroatoms. The van der Waals surface area contributed by atoms with Crippen LogP contribution in [0.15, 0.2) is 24.8 Å². The fourth-order valence-electron chi connectivity index (χ4n) is 5.34. The minimum atomic E-state index is -5.58. The van der Waals surface area contributed by atoms with Crippen molar-refractivity contribution in [1.82, 2.24) is 30.2 Å². The maximum absolute atomic E-state index is 12.7. The Morgan fingerprint density at radius 3 is 2.43 bits per heavy atom. The largest absolute Gasteiger partial charge is 0.481 e. The fourth-order valence-corrected chi connectivity index (χ4v) is 8.89. The summed E-state index contributed by atoms with van der Waals surface area (Å²) >= 11 is 1.04. The Morgan fingerprint density at radius 2 is 1.75 bits per heavy atom. The van der Waals surface area contributed by atoms with Crippen molar-refractivity contribution in [1.29, 1.82) is 0 Å². The molecule has 8 atom stereocenters. The van der Waals surface area contributed by atoms with Gasteiger partial charge in [0.05, 0.1) is 25.6 Å². The van der Waals surface area contributed by atoms with Crippen molar-refractivity contribution < 1.29 is 85.6 Å². The second kappa shape index (κ2) is 23.1. The van der Waals surface area contributed by atoms with Crippen molar-refractivity contribution in [2.75, 3.05) is 37.8 Å². The van der Waals surface area contributed by atoms with Gasteiger partial charge < -0.3 is 56.0 Å². The van der Waals surface area contributed by atoms with Crippen LogP contribution in [-0.2, 0) is 50.7 Å². The lowest BCUT2D eigenvalue weighted by molar-refractivity contribution is -0.137. The molecule has 0 saturated carbocycles. The van der Waals surface area contributed by atoms with Crippen LogP contribution >= 0.6 is 35.2 Å². The molecule has 0 aromatic carbocycles. The molecule has 3 rings (SSSR count). The van der Waals surface area contributed by atoms with Crippen molar-refractivity contribution in [3.63, 3.8) is 0 Å². The number of nitrogen functional groups attached to an aromatic ring is 1. The number of aliphatic hydroxyl groups is 3. The van der Waals surface area contributed by atoms with Gasteiger partial charge in [-0.2, -0.15) is 4.31 Å². The number of phosphoric acid groups is 3. The third-order valence-corrected chi connectivity index (χ3v) is 12.5. The number of nitrogens with two attached hydrogens (primary N) is 1. The molecule has 0 aliphatic carbocycles. The number of ether oxygens (including phenoxy) is 1. The van der Waals surface area contributed by atoms with Gasteiger partial charge in [0.15, 0.2) is 22.8 Å². The first-order valence-electron chi connectivity index (χ1n) is 18.3. The van der Waals surface area contributed by atoms with E-state index in [-0.39, 0.29) is 48.0 Å². The number of fused-ring (bicyclic) bond motifs is 1. The first-order valence-corrected chi connectivity index (χ1v) is 23.8. The molecule has 1 fully saturated rings. The molecule has 2 amide bonds. The Labute approximate surface area is 348 Å². The van der Waals surface area contributed by atoms with E-state index in [0.717, 1.165) is 41.8 Å². The number of aromatic nitrogens is 4. The first-order chi connectivity index (χ1) is 27.9. The molecule has 1 aliphatic rings. The van der Waals surface area contributed by atoms with E-state index in [2.05, 4.69) is 34.4 Å². The number of phosphoric ester groups is 3. The summed E-state index contributed by atoms with van der Waals surface area (Å²) < 4.78 is 62.2. The summed E-state index contributed by atoms with van der Waals surface area (Å²) in [5.41, 5.74) is 4.24. The van der Waals surface area contributed by atoms with E-state index < -0.39 is 90.7 Å². The predicted octanol–water partition coefficient (Wildman–Crippen LogP) is 0.552. The van der Waals surface area contributed by atoms with Crippen LogP contribution in [-0.4, -0.2) is 134 Å². The number of hydrogen-bond acceptors (Lipinski definition) is 19. The third kappa shape index (κ3) is 16.9. The molecule has 0 spiro atoms. The zero-order chi connectivity index (χ0) is 44.9. The van der Waals surface area contributed by atoms with Crippen molar-refractivity contribution >= 4 is 69.1 Å². The normalized spacial score (nSPS) is 21.7. The second-order valence-corrected chi connectivity index (χ2v) is 19.4. The number of anilines is 1. The van der Waals surface area contributed by atoms with E-state index in [1.807, 2.05) is 13.0 Å². The number of amides is 2. The molecule has 11 N–H and O–H groups in total. The smallest absolute Gasteiger partial charge is 0.389 e. The summed E-state index contributed by atoms with van der Waals surface area (Å²) in [6, 6.07) is 0. The maximum Gasteiger partial charge on any atom is 0.481 e. The molecular formula is C31H52N7O18P3S. The molecular weight excluding hydrogens is 883 g/mol. The van der Waals surface area contributed by atoms with E-state index >= 15 is 0 Å². The molecule has 8 unspecified atom stereocenters. The Balaban J connectivity index is 1.42. The van der Waals surface area contributed by atoms with Crippen molar-refractivity contribution in [3.05, 3.63) is 24.8 Å². The molecule has 1 aliphatic heterocycles. The van der Waals surface area contributed by atoms with Crippen LogP contribution in [0.1, 0.15) is 65.5 Å². The Morgan fingerprint density at radius 1 is 1.05 bits per heavy atom. The monoisotopic (exact) mass is 935 g/mol. The summed E-state index contributed by atoms with van der Waals surface area (Å²) in [6.07, 6.45) is -0.843. The van der Waals surface area contributed by atoms with Gasteiger partial charge in [0.25, 0.3) is 0 Å². The summed E-state index contributed by atoms with van der Waals surface area (Å²) in [4.78, 5) is 87.8. The lowest BCUT2D eigenvalue weighted by Gasteiger charge is -2.30. The number of nitrogens with one attached hydrogen (secondary N) is 2. The van der Waals surface area contributed by atoms with Crippen molar-refractivity contribution in [3.8, 4) is 0 Å². The molecule has 2 aromatic heterocycles. The summed E-state index contributed by atoms with van der Waals surface area (Å²) in [5, 5.41) is 36.2. The van der Waals surface area contributed by atoms with Gasteiger partial charge in [-0.25, -0.2) is 28.6 Å². The summed E-state index contributed by atoms with van der Waals surface area (Å²) in [5.74, 6) is -1.18. The third-order valence-electron chi connectivity index (χ3n) is 8.46. The number of rotatable bonds is 26. The van der Waals surface area contributed by atoms with Crippen LogP contribution in [0.5, 0.6) is 0 Å². The topological polar surface area (TPSA) is 384 Å². The number of carbonyl (C=O) groups is 3. The van der Waals surface area contributed by atoms with E-state index in [1.165, 1.54) is 13.8 Å². The van der Waals surface area contributed by atoms with Gasteiger partial charge >= 0.3 is 23.5 Å². The maximum atomic E-state index is 12.7. The standard InChI is InChI=1S/C31H52N7O18P3S/c1-4-5-6-8-19(39)9-7-10-22(41)60-14-13-33-21(40)11-12-34-29(44)26(43)31(2,3)16-53-59(50,51)56-58(48,49)52-15-20-25(55-57(45,46)47)24(42)30(54-20)38-18-37-23-27(32)35-17-36-28(23)38/h6,8,17-20,24-26,30,39,42-43H,4-5,7,9-16H2,1-3H3,(H,33,40)(H,34,44)(H,48,49)(H,50,51)(H2,32,35,36)(H2,45,46,47)/b8-6+. The van der Waals surface area contributed by atoms with Crippen LogP contribution < -0.4 is 16.4 Å². The molecule has 1 saturated heterocycles. The number of allylic oxidation sites excluding steroid dienone is 1. The number of nitrogens with zero attached hydrogens (tertiary/aromatic N) is 4. The number of carbonyl (C=O) groups excluding carboxylic acids is 3. The average Bonchev–Trinajstić information content (AvgIpc) is 3.71. The van der Waals surface area contributed by atoms with Gasteiger partial charge in [0, 0.05) is 37.1 Å². The van der Waals surface area contributed by atoms with Gasteiger partial charge in [-0.05, 0) is 19.3 Å². The van der Waals surface area contributed by atoms with Crippen LogP contribution in [0.3, 0.4) is 0 Å². The van der Waals surface area contributed by atoms with E-state index in [0.29, 0.717) is 18.6 Å². The van der Waals surface area contributed by atoms with E-state index in [1.54, 1.807) is 6.08 Å². The molecule has 0 bridgehead atoms. The second-order valence-electron chi connectivity index (χ2n) is 14.0. The highest BCUT2D eigenvalue weighted by Crippen LogP contribution is 2.61. The van der Waals surface area contributed by atoms with Crippen molar-refractivity contribution in [2.45, 2.75) is 96.0 Å². The lowest BCUT2D eigenvalue weighted by atomic mass is 9.87. The predicted molar refractivity (Wildman–Crippen MR) is 211 cm³/mol. The number of imidazole rings is 1. The fraction of sp³-hybridized carbons (Fsp3) is 0.677. The Bertz CT molecular complexity index is 1940. The molecule has 0 radical (unpaired) electrons. The molecule has 25 nitrogen and oxygen atoms in total. The van der Waals surface area contributed by atoms with Crippen molar-refractivity contribution in [2.24, 2.45) is 5.41 Å². The SMILES string of the molecule is CCC/C=C/C(O)CCCC(=O)SCCNC(=O)CCNC(=O)C(O)C(C)(C)COP(=O)(O)OP(=O)(O)OCC1OC(n2cnc3c(N)ncnc32)C(O)C1OP(=O)(O)O. The molecule has 3 heterocycles. The van der Waals surface area contributed by atoms with Gasteiger partial charge in [-0.3, -0.25) is 32.5 Å². The Hall–Kier alpha value is -2.74. The van der Waals surface area contributed by atoms with E-state index in [9.17, 15) is 63.0 Å². The Kier molecular flexibility index (Phi) is 19.9. The quantitative estimate of drug-likeness (QED) is 0.0350. The van der Waals surface area contributed by atoms with E-state index in [4.69, 9.17) is 19.5 Å². The molecule has 2 aromatic rings. The number of hydrogen-bond donors (Lipinski definition) is 10. The number of aliphatic hydroxyl groups excluding tert-OH is 3. The summed E-state index contributed by atoms with van der Waals surface area (Å²) in [6.45, 7) is 2.45. The highest BCUT2D eigenvalue weighted by molar-refractivity contribution is 8.13. The zero-order valence-corrected chi connectivity index (χ0v) is 36.3. The van der Waals surface area contributed by atoms with Crippen LogP contribution in [0.25, 0.3) is 11.2 Å². The van der Waals surface area contributed by atoms with Crippen LogP contribution in [0.4, 0.5) is 5.82 Å². The van der Waals surface area contributed by atoms with Gasteiger partial charge in [-0.1, -0.05) is 51.1 Å². The highest BCUT2D eigenvalue weighted by atomic mass is 32.2. The first kappa shape index (κ1) is 51.6. The molecule has 340 valence electrons. The molecule has 60 heavy (non-hydrogen) atoms. The summed E-state index contributed by atoms with van der Waals surface area (Å²) in [7, 11) is -16.4. The minimum absolute atomic E-state index is 0.0268. The number of thioether (sulfide) groups is 1. The zero-order valence-electron chi connectivity index (χ0n) is 32.8. The van der Waals surface area contributed by atoms with Crippen LogP contribution in [0, 0.1) is 5.41 Å².